The summed E-state index contributed by atoms with van der Waals surface area (Å²) >= 11 is 7.25. The zero-order chi connectivity index (χ0) is 22.1. The van der Waals surface area contributed by atoms with Crippen molar-refractivity contribution in [2.24, 2.45) is 0 Å². The molecule has 4 nitrogen and oxygen atoms in total. The molecule has 3 aromatic carbocycles. The maximum Gasteiger partial charge on any atom is 0.283 e. The molecule has 0 bridgehead atoms. The third-order valence-electron chi connectivity index (χ3n) is 4.86. The molecule has 2 amide bonds. The summed E-state index contributed by atoms with van der Waals surface area (Å²) in [5, 5.41) is 3.83. The molecule has 0 aliphatic carbocycles. The summed E-state index contributed by atoms with van der Waals surface area (Å²) in [6.45, 7) is 5.96. The van der Waals surface area contributed by atoms with Crippen LogP contribution in [0.25, 0.3) is 0 Å². The number of amides is 2. The molecule has 0 atom stereocenters. The van der Waals surface area contributed by atoms with Crippen LogP contribution in [0.2, 0.25) is 5.02 Å². The molecule has 0 spiro atoms. The smallest absolute Gasteiger partial charge is 0.283 e. The van der Waals surface area contributed by atoms with Gasteiger partial charge in [0.25, 0.3) is 11.8 Å². The lowest BCUT2D eigenvalue weighted by molar-refractivity contribution is -0.120. The fourth-order valence-corrected chi connectivity index (χ4v) is 4.51. The van der Waals surface area contributed by atoms with Crippen LogP contribution in [0.3, 0.4) is 0 Å². The fraction of sp³-hybridized carbons (Fsp3) is 0.120. The summed E-state index contributed by atoms with van der Waals surface area (Å²) in [5.74, 6) is -0.717. The summed E-state index contributed by atoms with van der Waals surface area (Å²) in [7, 11) is 0. The Balaban J connectivity index is 1.75. The van der Waals surface area contributed by atoms with E-state index in [0.29, 0.717) is 15.6 Å². The van der Waals surface area contributed by atoms with E-state index in [2.05, 4.69) is 11.4 Å². The lowest BCUT2D eigenvalue weighted by atomic mass is 10.1. The first-order valence-electron chi connectivity index (χ1n) is 9.80. The monoisotopic (exact) mass is 448 g/mol. The second kappa shape index (κ2) is 8.61. The third-order valence-corrected chi connectivity index (χ3v) is 6.20. The Labute approximate surface area is 190 Å². The number of hydrogen-bond donors (Lipinski definition) is 1. The molecule has 1 heterocycles. The Morgan fingerprint density at radius 1 is 0.774 bits per heavy atom. The first-order valence-corrected chi connectivity index (χ1v) is 11.0. The summed E-state index contributed by atoms with van der Waals surface area (Å²) < 4.78 is 0. The molecule has 1 aliphatic heterocycles. The maximum atomic E-state index is 13.4. The Kier molecular flexibility index (Phi) is 5.90. The highest BCUT2D eigenvalue weighted by molar-refractivity contribution is 8.04. The first kappa shape index (κ1) is 21.2. The number of hydrogen-bond acceptors (Lipinski definition) is 4. The van der Waals surface area contributed by atoms with Gasteiger partial charge in [0, 0.05) is 15.6 Å². The van der Waals surface area contributed by atoms with Crippen molar-refractivity contribution in [1.82, 2.24) is 0 Å². The molecule has 0 unspecified atom stereocenters. The topological polar surface area (TPSA) is 49.4 Å². The van der Waals surface area contributed by atoms with E-state index < -0.39 is 0 Å². The Morgan fingerprint density at radius 2 is 1.39 bits per heavy atom. The normalized spacial score (nSPS) is 13.9. The van der Waals surface area contributed by atoms with Crippen molar-refractivity contribution < 1.29 is 9.59 Å². The summed E-state index contributed by atoms with van der Waals surface area (Å²) in [6.07, 6.45) is 0. The van der Waals surface area contributed by atoms with Gasteiger partial charge in [-0.05, 0) is 80.4 Å². The van der Waals surface area contributed by atoms with Gasteiger partial charge in [0.15, 0.2) is 0 Å². The van der Waals surface area contributed by atoms with Crippen molar-refractivity contribution in [1.29, 1.82) is 0 Å². The van der Waals surface area contributed by atoms with Crippen LogP contribution in [-0.2, 0) is 9.59 Å². The lowest BCUT2D eigenvalue weighted by Crippen LogP contribution is -2.32. The summed E-state index contributed by atoms with van der Waals surface area (Å²) in [6, 6.07) is 20.5. The van der Waals surface area contributed by atoms with Gasteiger partial charge < -0.3 is 5.32 Å². The predicted octanol–water partition coefficient (Wildman–Crippen LogP) is 6.25. The molecule has 0 radical (unpaired) electrons. The van der Waals surface area contributed by atoms with E-state index in [0.717, 1.165) is 27.3 Å². The summed E-state index contributed by atoms with van der Waals surface area (Å²) in [5.41, 5.74) is 4.79. The highest BCUT2D eigenvalue weighted by Gasteiger charge is 2.40. The molecule has 1 N–H and O–H groups in total. The summed E-state index contributed by atoms with van der Waals surface area (Å²) in [4.78, 5) is 29.2. The van der Waals surface area contributed by atoms with Crippen LogP contribution in [0.4, 0.5) is 11.4 Å². The highest BCUT2D eigenvalue weighted by Crippen LogP contribution is 2.38. The molecule has 0 saturated carbocycles. The molecule has 3 aromatic rings. The van der Waals surface area contributed by atoms with Gasteiger partial charge in [0.05, 0.1) is 5.69 Å². The van der Waals surface area contributed by atoms with E-state index in [1.165, 1.54) is 16.7 Å². The minimum atomic E-state index is -0.371. The van der Waals surface area contributed by atoms with Crippen LogP contribution in [0, 0.1) is 20.8 Å². The number of benzene rings is 3. The average Bonchev–Trinajstić information content (AvgIpc) is 2.94. The Morgan fingerprint density at radius 3 is 2.00 bits per heavy atom. The van der Waals surface area contributed by atoms with E-state index >= 15 is 0 Å². The van der Waals surface area contributed by atoms with Crippen molar-refractivity contribution in [2.75, 3.05) is 10.2 Å². The number of rotatable bonds is 5. The van der Waals surface area contributed by atoms with Crippen LogP contribution >= 0.6 is 23.4 Å². The molecular formula is C25H21ClN2O2S. The molecule has 6 heteroatoms. The number of carbonyl (C=O) groups is 2. The van der Waals surface area contributed by atoms with Crippen molar-refractivity contribution in [3.05, 3.63) is 99.0 Å². The van der Waals surface area contributed by atoms with E-state index in [4.69, 9.17) is 11.6 Å². The van der Waals surface area contributed by atoms with E-state index in [9.17, 15) is 9.59 Å². The van der Waals surface area contributed by atoms with Crippen LogP contribution < -0.4 is 10.2 Å². The van der Waals surface area contributed by atoms with Crippen LogP contribution in [0.5, 0.6) is 0 Å². The SMILES string of the molecule is Cc1ccc(N2C(=O)C(Nc3cc(C)cc(C)c3)=C(Sc3ccc(Cl)cc3)C2=O)cc1. The van der Waals surface area contributed by atoms with Crippen molar-refractivity contribution in [3.63, 3.8) is 0 Å². The number of aryl methyl sites for hydroxylation is 3. The van der Waals surface area contributed by atoms with Gasteiger partial charge >= 0.3 is 0 Å². The van der Waals surface area contributed by atoms with Crippen LogP contribution in [0.15, 0.2) is 82.2 Å². The van der Waals surface area contributed by atoms with Gasteiger partial charge in [-0.3, -0.25) is 9.59 Å². The zero-order valence-electron chi connectivity index (χ0n) is 17.4. The van der Waals surface area contributed by atoms with Gasteiger partial charge in [-0.25, -0.2) is 4.90 Å². The molecule has 156 valence electrons. The fourth-order valence-electron chi connectivity index (χ4n) is 3.45. The van der Waals surface area contributed by atoms with Crippen LogP contribution in [-0.4, -0.2) is 11.8 Å². The second-order valence-corrected chi connectivity index (χ2v) is 9.06. The number of anilines is 2. The van der Waals surface area contributed by atoms with Gasteiger partial charge in [-0.15, -0.1) is 0 Å². The molecule has 0 aromatic heterocycles. The number of thioether (sulfide) groups is 1. The van der Waals surface area contributed by atoms with Gasteiger partial charge in [0.1, 0.15) is 10.6 Å². The molecule has 0 fully saturated rings. The van der Waals surface area contributed by atoms with Gasteiger partial charge in [0.2, 0.25) is 0 Å². The lowest BCUT2D eigenvalue weighted by Gasteiger charge is -2.15. The maximum absolute atomic E-state index is 13.4. The number of nitrogens with one attached hydrogen (secondary N) is 1. The second-order valence-electron chi connectivity index (χ2n) is 7.54. The standard InChI is InChI=1S/C25H21ClN2O2S/c1-15-4-8-20(9-5-15)28-24(29)22(27-19-13-16(2)12-17(3)14-19)23(25(28)30)31-21-10-6-18(26)7-11-21/h4-14,27H,1-3H3. The first-order chi connectivity index (χ1) is 14.8. The van der Waals surface area contributed by atoms with Crippen molar-refractivity contribution in [3.8, 4) is 0 Å². The van der Waals surface area contributed by atoms with Crippen molar-refractivity contribution >= 4 is 46.6 Å². The van der Waals surface area contributed by atoms with E-state index in [-0.39, 0.29) is 17.5 Å². The number of carbonyl (C=O) groups excluding carboxylic acids is 2. The quantitative estimate of drug-likeness (QED) is 0.468. The third kappa shape index (κ3) is 4.53. The molecule has 4 rings (SSSR count). The Hall–Kier alpha value is -3.02. The largest absolute Gasteiger partial charge is 0.350 e. The minimum Gasteiger partial charge on any atom is -0.350 e. The van der Waals surface area contributed by atoms with Crippen LogP contribution in [0.1, 0.15) is 16.7 Å². The van der Waals surface area contributed by atoms with E-state index in [1.54, 1.807) is 24.3 Å². The van der Waals surface area contributed by atoms with Gasteiger partial charge in [-0.1, -0.05) is 47.1 Å². The number of imide groups is 1. The number of nitrogens with zero attached hydrogens (tertiary/aromatic N) is 1. The molecular weight excluding hydrogens is 428 g/mol. The van der Waals surface area contributed by atoms with Gasteiger partial charge in [-0.2, -0.15) is 0 Å². The van der Waals surface area contributed by atoms with E-state index in [1.807, 2.05) is 57.2 Å². The highest BCUT2D eigenvalue weighted by atomic mass is 35.5. The predicted molar refractivity (Wildman–Crippen MR) is 128 cm³/mol. The molecule has 0 saturated heterocycles. The minimum absolute atomic E-state index is 0.274. The average molecular weight is 449 g/mol. The zero-order valence-corrected chi connectivity index (χ0v) is 19.0. The molecule has 31 heavy (non-hydrogen) atoms. The number of halogens is 1. The Bertz CT molecular complexity index is 1180. The molecule has 1 aliphatic rings. The van der Waals surface area contributed by atoms with Crippen molar-refractivity contribution in [2.45, 2.75) is 25.7 Å².